The van der Waals surface area contributed by atoms with E-state index in [1.54, 1.807) is 30.3 Å². The van der Waals surface area contributed by atoms with Gasteiger partial charge >= 0.3 is 5.97 Å². The first-order valence-electron chi connectivity index (χ1n) is 7.38. The molecule has 2 aromatic carbocycles. The van der Waals surface area contributed by atoms with Crippen LogP contribution in [0.4, 0.5) is 0 Å². The quantitative estimate of drug-likeness (QED) is 0.440. The lowest BCUT2D eigenvalue weighted by molar-refractivity contribution is 0.0697. The van der Waals surface area contributed by atoms with E-state index in [-0.39, 0.29) is 5.56 Å². The molecule has 0 aliphatic rings. The molecule has 1 aromatic heterocycles. The van der Waals surface area contributed by atoms with Gasteiger partial charge in [-0.3, -0.25) is 0 Å². The van der Waals surface area contributed by atoms with Crippen molar-refractivity contribution in [1.82, 2.24) is 0 Å². The Morgan fingerprint density at radius 2 is 1.64 bits per heavy atom. The van der Waals surface area contributed by atoms with E-state index in [9.17, 15) is 10.1 Å². The van der Waals surface area contributed by atoms with Crippen molar-refractivity contribution in [3.05, 3.63) is 81.1 Å². The van der Waals surface area contributed by atoms with Crippen molar-refractivity contribution < 1.29 is 14.3 Å². The minimum atomic E-state index is -0.967. The molecule has 3 aromatic rings. The number of carboxylic acids is 1. The highest BCUT2D eigenvalue weighted by atomic mass is 127. The molecular weight excluding hydrogens is 429 g/mol. The van der Waals surface area contributed by atoms with Gasteiger partial charge in [-0.2, -0.15) is 5.26 Å². The van der Waals surface area contributed by atoms with E-state index < -0.39 is 5.97 Å². The summed E-state index contributed by atoms with van der Waals surface area (Å²) in [4.78, 5) is 10.9. The average molecular weight is 441 g/mol. The van der Waals surface area contributed by atoms with Gasteiger partial charge in [0.25, 0.3) is 0 Å². The number of benzene rings is 2. The van der Waals surface area contributed by atoms with Crippen molar-refractivity contribution in [3.63, 3.8) is 0 Å². The number of carbonyl (C=O) groups is 1. The summed E-state index contributed by atoms with van der Waals surface area (Å²) in [5, 5.41) is 18.3. The molecule has 1 N–H and O–H groups in total. The molecule has 0 amide bonds. The minimum Gasteiger partial charge on any atom is -0.478 e. The summed E-state index contributed by atoms with van der Waals surface area (Å²) in [7, 11) is 0. The van der Waals surface area contributed by atoms with E-state index in [4.69, 9.17) is 9.52 Å². The van der Waals surface area contributed by atoms with Gasteiger partial charge in [0, 0.05) is 9.13 Å². The summed E-state index contributed by atoms with van der Waals surface area (Å²) in [6.07, 6.45) is 1.69. The number of nitriles is 1. The lowest BCUT2D eigenvalue weighted by Crippen LogP contribution is -1.94. The Bertz CT molecular complexity index is 977. The van der Waals surface area contributed by atoms with E-state index >= 15 is 0 Å². The van der Waals surface area contributed by atoms with E-state index in [0.717, 1.165) is 14.7 Å². The monoisotopic (exact) mass is 441 g/mol. The molecule has 122 valence electrons. The first-order valence-corrected chi connectivity index (χ1v) is 8.46. The molecule has 0 bridgehead atoms. The number of hydrogen-bond acceptors (Lipinski definition) is 3. The second kappa shape index (κ2) is 7.36. The molecule has 0 spiro atoms. The van der Waals surface area contributed by atoms with Crippen LogP contribution in [0.3, 0.4) is 0 Å². The fraction of sp³-hybridized carbons (Fsp3) is 0. The molecular formula is C20H12INO3. The predicted octanol–water partition coefficient (Wildman–Crippen LogP) is 5.31. The fourth-order valence-electron chi connectivity index (χ4n) is 2.31. The third kappa shape index (κ3) is 3.98. The van der Waals surface area contributed by atoms with Crippen LogP contribution in [0.15, 0.2) is 65.1 Å². The summed E-state index contributed by atoms with van der Waals surface area (Å²) in [6, 6.07) is 19.9. The number of rotatable bonds is 4. The summed E-state index contributed by atoms with van der Waals surface area (Å²) in [6.45, 7) is 0. The van der Waals surface area contributed by atoms with Crippen LogP contribution in [0.5, 0.6) is 0 Å². The summed E-state index contributed by atoms with van der Waals surface area (Å²) in [5.74, 6) is 0.210. The van der Waals surface area contributed by atoms with Crippen molar-refractivity contribution in [2.24, 2.45) is 0 Å². The maximum absolute atomic E-state index is 10.9. The van der Waals surface area contributed by atoms with Gasteiger partial charge in [0.1, 0.15) is 11.5 Å². The molecule has 0 aliphatic carbocycles. The largest absolute Gasteiger partial charge is 0.478 e. The molecule has 3 rings (SSSR count). The van der Waals surface area contributed by atoms with Crippen LogP contribution in [0.2, 0.25) is 0 Å². The molecule has 0 saturated heterocycles. The second-order valence-electron chi connectivity index (χ2n) is 5.26. The number of nitrogens with zero attached hydrogens (tertiary/aromatic N) is 1. The zero-order valence-electron chi connectivity index (χ0n) is 12.9. The molecule has 5 heteroatoms. The molecule has 4 nitrogen and oxygen atoms in total. The lowest BCUT2D eigenvalue weighted by atomic mass is 10.1. The predicted molar refractivity (Wildman–Crippen MR) is 104 cm³/mol. The number of halogens is 1. The zero-order chi connectivity index (χ0) is 17.8. The molecule has 0 radical (unpaired) electrons. The zero-order valence-corrected chi connectivity index (χ0v) is 15.1. The smallest absolute Gasteiger partial charge is 0.335 e. The van der Waals surface area contributed by atoms with Crippen LogP contribution < -0.4 is 0 Å². The normalized spacial score (nSPS) is 11.1. The van der Waals surface area contributed by atoms with E-state index in [2.05, 4.69) is 28.7 Å². The van der Waals surface area contributed by atoms with Crippen LogP contribution in [-0.2, 0) is 0 Å². The highest BCUT2D eigenvalue weighted by Crippen LogP contribution is 2.25. The van der Waals surface area contributed by atoms with Gasteiger partial charge in [0.15, 0.2) is 0 Å². The average Bonchev–Trinajstić information content (AvgIpc) is 3.09. The van der Waals surface area contributed by atoms with E-state index in [1.807, 2.05) is 24.3 Å². The lowest BCUT2D eigenvalue weighted by Gasteiger charge is -2.00. The molecule has 0 fully saturated rings. The molecule has 0 aliphatic heterocycles. The fourth-order valence-corrected chi connectivity index (χ4v) is 2.67. The molecule has 0 atom stereocenters. The van der Waals surface area contributed by atoms with Gasteiger partial charge in [-0.05, 0) is 70.6 Å². The van der Waals surface area contributed by atoms with E-state index in [0.29, 0.717) is 17.1 Å². The van der Waals surface area contributed by atoms with Crippen LogP contribution in [0.1, 0.15) is 21.7 Å². The van der Waals surface area contributed by atoms with Crippen molar-refractivity contribution >= 4 is 40.2 Å². The standard InChI is InChI=1S/C20H12INO3/c21-17-7-5-13(6-8-17)16(12-22)11-18-9-10-19(25-18)14-1-3-15(4-2-14)20(23)24/h1-11H,(H,23,24)/b16-11-. The van der Waals surface area contributed by atoms with Gasteiger partial charge in [0.05, 0.1) is 17.2 Å². The van der Waals surface area contributed by atoms with Crippen molar-refractivity contribution in [2.75, 3.05) is 0 Å². The summed E-state index contributed by atoms with van der Waals surface area (Å²) >= 11 is 2.21. The Kier molecular flexibility index (Phi) is 5.00. The highest BCUT2D eigenvalue weighted by Gasteiger charge is 2.08. The third-order valence-electron chi connectivity index (χ3n) is 3.61. The SMILES string of the molecule is N#C/C(=C/c1ccc(-c2ccc(C(=O)O)cc2)o1)c1ccc(I)cc1. The van der Waals surface area contributed by atoms with Crippen LogP contribution >= 0.6 is 22.6 Å². The summed E-state index contributed by atoms with van der Waals surface area (Å²) < 4.78 is 6.87. The Balaban J connectivity index is 1.88. The Morgan fingerprint density at radius 3 is 2.24 bits per heavy atom. The Morgan fingerprint density at radius 1 is 1.00 bits per heavy atom. The maximum Gasteiger partial charge on any atom is 0.335 e. The Labute approximate surface area is 158 Å². The van der Waals surface area contributed by atoms with Crippen LogP contribution in [0, 0.1) is 14.9 Å². The highest BCUT2D eigenvalue weighted by molar-refractivity contribution is 14.1. The summed E-state index contributed by atoms with van der Waals surface area (Å²) in [5.41, 5.74) is 2.34. The first kappa shape index (κ1) is 17.0. The third-order valence-corrected chi connectivity index (χ3v) is 4.32. The van der Waals surface area contributed by atoms with Crippen molar-refractivity contribution in [1.29, 1.82) is 5.26 Å². The van der Waals surface area contributed by atoms with Gasteiger partial charge in [-0.15, -0.1) is 0 Å². The number of furan rings is 1. The number of carboxylic acid groups (broad SMARTS) is 1. The first-order chi connectivity index (χ1) is 12.1. The van der Waals surface area contributed by atoms with Gasteiger partial charge in [0.2, 0.25) is 0 Å². The molecule has 0 unspecified atom stereocenters. The van der Waals surface area contributed by atoms with E-state index in [1.165, 1.54) is 12.1 Å². The molecule has 25 heavy (non-hydrogen) atoms. The van der Waals surface area contributed by atoms with Crippen LogP contribution in [0.25, 0.3) is 23.0 Å². The topological polar surface area (TPSA) is 74.2 Å². The molecule has 1 heterocycles. The van der Waals surface area contributed by atoms with Crippen molar-refractivity contribution in [3.8, 4) is 17.4 Å². The Hall–Kier alpha value is -2.85. The van der Waals surface area contributed by atoms with Gasteiger partial charge in [-0.1, -0.05) is 24.3 Å². The number of allylic oxidation sites excluding steroid dienone is 1. The van der Waals surface area contributed by atoms with Gasteiger partial charge in [-0.25, -0.2) is 4.79 Å². The molecule has 0 saturated carbocycles. The second-order valence-corrected chi connectivity index (χ2v) is 6.51. The van der Waals surface area contributed by atoms with Gasteiger partial charge < -0.3 is 9.52 Å². The number of aromatic carboxylic acids is 1. The number of hydrogen-bond donors (Lipinski definition) is 1. The minimum absolute atomic E-state index is 0.223. The van der Waals surface area contributed by atoms with Crippen LogP contribution in [-0.4, -0.2) is 11.1 Å². The van der Waals surface area contributed by atoms with Crippen molar-refractivity contribution in [2.45, 2.75) is 0 Å². The maximum atomic E-state index is 10.9.